The van der Waals surface area contributed by atoms with E-state index in [1.807, 2.05) is 0 Å². The van der Waals surface area contributed by atoms with Crippen molar-refractivity contribution in [3.05, 3.63) is 28.2 Å². The van der Waals surface area contributed by atoms with Crippen LogP contribution in [0, 0.1) is 12.7 Å². The maximum absolute atomic E-state index is 12.6. The standard InChI is InChI=1S/C6H5BrFN/c1-4-2-3-5(8)6(7)9-4/h2-3H,1H3/i1D3. The molecule has 1 aromatic rings. The topological polar surface area (TPSA) is 12.9 Å². The lowest BCUT2D eigenvalue weighted by molar-refractivity contribution is 0.611. The van der Waals surface area contributed by atoms with E-state index in [9.17, 15) is 4.39 Å². The van der Waals surface area contributed by atoms with E-state index in [1.54, 1.807) is 0 Å². The Bertz CT molecular complexity index is 299. The third-order valence-electron chi connectivity index (χ3n) is 0.803. The number of nitrogens with zero attached hydrogens (tertiary/aromatic N) is 1. The first-order valence-electron chi connectivity index (χ1n) is 3.74. The van der Waals surface area contributed by atoms with Crippen molar-refractivity contribution in [2.45, 2.75) is 6.85 Å². The monoisotopic (exact) mass is 192 g/mol. The molecule has 0 radical (unpaired) electrons. The number of aromatic nitrogens is 1. The van der Waals surface area contributed by atoms with Crippen LogP contribution in [-0.2, 0) is 0 Å². The van der Waals surface area contributed by atoms with Gasteiger partial charge in [-0.05, 0) is 34.9 Å². The van der Waals surface area contributed by atoms with E-state index in [1.165, 1.54) is 0 Å². The molecule has 0 amide bonds. The fourth-order valence-corrected chi connectivity index (χ4v) is 0.740. The van der Waals surface area contributed by atoms with Crippen LogP contribution in [0.2, 0.25) is 0 Å². The minimum absolute atomic E-state index is 0.0730. The minimum Gasteiger partial charge on any atom is -0.243 e. The Morgan fingerprint density at radius 3 is 3.11 bits per heavy atom. The van der Waals surface area contributed by atoms with Gasteiger partial charge in [-0.15, -0.1) is 0 Å². The molecule has 3 heteroatoms. The second-order valence-electron chi connectivity index (χ2n) is 1.47. The maximum atomic E-state index is 12.6. The van der Waals surface area contributed by atoms with Crippen molar-refractivity contribution in [2.75, 3.05) is 0 Å². The lowest BCUT2D eigenvalue weighted by atomic mass is 10.4. The molecular weight excluding hydrogens is 185 g/mol. The predicted octanol–water partition coefficient (Wildman–Crippen LogP) is 2.29. The molecular formula is C6H5BrFN. The molecule has 0 aliphatic carbocycles. The molecule has 0 spiro atoms. The molecule has 48 valence electrons. The van der Waals surface area contributed by atoms with E-state index in [0.717, 1.165) is 12.1 Å². The quantitative estimate of drug-likeness (QED) is 0.576. The largest absolute Gasteiger partial charge is 0.243 e. The third-order valence-corrected chi connectivity index (χ3v) is 1.36. The zero-order valence-electron chi connectivity index (χ0n) is 7.36. The molecule has 0 aromatic carbocycles. The van der Waals surface area contributed by atoms with Crippen molar-refractivity contribution < 1.29 is 8.50 Å². The fraction of sp³-hybridized carbons (Fsp3) is 0.167. The molecule has 0 unspecified atom stereocenters. The Morgan fingerprint density at radius 1 is 1.78 bits per heavy atom. The van der Waals surface area contributed by atoms with Gasteiger partial charge >= 0.3 is 0 Å². The molecule has 0 aliphatic heterocycles. The summed E-state index contributed by atoms with van der Waals surface area (Å²) in [6.45, 7) is -2.28. The van der Waals surface area contributed by atoms with Crippen LogP contribution < -0.4 is 0 Å². The van der Waals surface area contributed by atoms with Crippen LogP contribution in [0.15, 0.2) is 16.7 Å². The van der Waals surface area contributed by atoms with Gasteiger partial charge in [0.2, 0.25) is 0 Å². The lowest BCUT2D eigenvalue weighted by Gasteiger charge is -1.92. The molecule has 0 saturated carbocycles. The highest BCUT2D eigenvalue weighted by atomic mass is 79.9. The van der Waals surface area contributed by atoms with Crippen molar-refractivity contribution in [3.63, 3.8) is 0 Å². The van der Waals surface area contributed by atoms with Gasteiger partial charge in [0.05, 0.1) is 0 Å². The Morgan fingerprint density at radius 2 is 2.56 bits per heavy atom. The van der Waals surface area contributed by atoms with E-state index in [4.69, 9.17) is 4.11 Å². The van der Waals surface area contributed by atoms with Gasteiger partial charge < -0.3 is 0 Å². The van der Waals surface area contributed by atoms with Crippen molar-refractivity contribution >= 4 is 15.9 Å². The lowest BCUT2D eigenvalue weighted by Crippen LogP contribution is -1.84. The third kappa shape index (κ3) is 1.48. The highest BCUT2D eigenvalue weighted by Gasteiger charge is 1.96. The molecule has 1 heterocycles. The number of aryl methyl sites for hydroxylation is 1. The van der Waals surface area contributed by atoms with Gasteiger partial charge in [-0.3, -0.25) is 0 Å². The minimum atomic E-state index is -2.28. The number of hydrogen-bond acceptors (Lipinski definition) is 1. The van der Waals surface area contributed by atoms with Crippen LogP contribution >= 0.6 is 15.9 Å². The number of hydrogen-bond donors (Lipinski definition) is 0. The Labute approximate surface area is 65.3 Å². The molecule has 0 N–H and O–H groups in total. The molecule has 1 aromatic heterocycles. The van der Waals surface area contributed by atoms with Gasteiger partial charge in [-0.25, -0.2) is 9.37 Å². The van der Waals surface area contributed by atoms with E-state index in [0.29, 0.717) is 0 Å². The number of halogens is 2. The van der Waals surface area contributed by atoms with E-state index in [2.05, 4.69) is 20.9 Å². The van der Waals surface area contributed by atoms with Crippen molar-refractivity contribution in [2.24, 2.45) is 0 Å². The number of rotatable bonds is 0. The maximum Gasteiger partial charge on any atom is 0.155 e. The summed E-state index contributed by atoms with van der Waals surface area (Å²) < 4.78 is 33.4. The van der Waals surface area contributed by atoms with Gasteiger partial charge in [0.1, 0.15) is 4.60 Å². The fourth-order valence-electron chi connectivity index (χ4n) is 0.417. The Balaban J connectivity index is 3.14. The highest BCUT2D eigenvalue weighted by Crippen LogP contribution is 2.11. The Hall–Kier alpha value is -0.440. The van der Waals surface area contributed by atoms with Gasteiger partial charge in [-0.1, -0.05) is 0 Å². The second-order valence-corrected chi connectivity index (χ2v) is 2.22. The van der Waals surface area contributed by atoms with E-state index < -0.39 is 12.7 Å². The van der Waals surface area contributed by atoms with Crippen molar-refractivity contribution in [1.82, 2.24) is 4.98 Å². The molecule has 0 aliphatic rings. The first-order valence-corrected chi connectivity index (χ1v) is 3.03. The normalized spacial score (nSPS) is 16.0. The molecule has 9 heavy (non-hydrogen) atoms. The average Bonchev–Trinajstić information content (AvgIpc) is 1.92. The molecule has 0 bridgehead atoms. The molecule has 1 rings (SSSR count). The Kier molecular flexibility index (Phi) is 0.990. The van der Waals surface area contributed by atoms with Gasteiger partial charge in [-0.2, -0.15) is 0 Å². The van der Waals surface area contributed by atoms with Crippen LogP contribution in [-0.4, -0.2) is 4.98 Å². The van der Waals surface area contributed by atoms with Crippen LogP contribution in [0.1, 0.15) is 9.81 Å². The zero-order chi connectivity index (χ0) is 9.35. The van der Waals surface area contributed by atoms with Crippen LogP contribution in [0.25, 0.3) is 0 Å². The van der Waals surface area contributed by atoms with Crippen molar-refractivity contribution in [1.29, 1.82) is 0 Å². The van der Waals surface area contributed by atoms with Crippen LogP contribution in [0.5, 0.6) is 0 Å². The summed E-state index contributed by atoms with van der Waals surface area (Å²) >= 11 is 2.80. The summed E-state index contributed by atoms with van der Waals surface area (Å²) in [5.74, 6) is -0.567. The summed E-state index contributed by atoms with van der Waals surface area (Å²) in [4.78, 5) is 3.52. The van der Waals surface area contributed by atoms with E-state index in [-0.39, 0.29) is 10.3 Å². The van der Waals surface area contributed by atoms with Gasteiger partial charge in [0.15, 0.2) is 5.82 Å². The first kappa shape index (κ1) is 3.66. The number of pyridine rings is 1. The van der Waals surface area contributed by atoms with Gasteiger partial charge in [0, 0.05) is 9.81 Å². The smallest absolute Gasteiger partial charge is 0.155 e. The van der Waals surface area contributed by atoms with Crippen molar-refractivity contribution in [3.8, 4) is 0 Å². The molecule has 1 nitrogen and oxygen atoms in total. The second kappa shape index (κ2) is 2.43. The van der Waals surface area contributed by atoms with Crippen LogP contribution in [0.4, 0.5) is 4.39 Å². The summed E-state index contributed by atoms with van der Waals surface area (Å²) in [6.07, 6.45) is 0. The zero-order valence-corrected chi connectivity index (χ0v) is 5.94. The summed E-state index contributed by atoms with van der Waals surface area (Å²) in [7, 11) is 0. The SMILES string of the molecule is [2H]C([2H])([2H])c1ccc(F)c(Br)n1. The summed E-state index contributed by atoms with van der Waals surface area (Å²) in [5.41, 5.74) is -0.115. The first-order chi connectivity index (χ1) is 5.41. The van der Waals surface area contributed by atoms with Crippen LogP contribution in [0.3, 0.4) is 0 Å². The summed E-state index contributed by atoms with van der Waals surface area (Å²) in [5, 5.41) is 0. The molecule has 0 fully saturated rings. The van der Waals surface area contributed by atoms with E-state index >= 15 is 0 Å². The molecule has 0 saturated heterocycles. The highest BCUT2D eigenvalue weighted by molar-refractivity contribution is 9.10. The van der Waals surface area contributed by atoms with Gasteiger partial charge in [0.25, 0.3) is 0 Å². The molecule has 0 atom stereocenters. The predicted molar refractivity (Wildman–Crippen MR) is 36.6 cm³/mol. The average molecular weight is 193 g/mol. The summed E-state index contributed by atoms with van der Waals surface area (Å²) in [6, 6.07) is 2.21.